The lowest BCUT2D eigenvalue weighted by molar-refractivity contribution is 0.0680. The van der Waals surface area contributed by atoms with Gasteiger partial charge in [-0.25, -0.2) is 0 Å². The summed E-state index contributed by atoms with van der Waals surface area (Å²) in [6.07, 6.45) is 5.27. The van der Waals surface area contributed by atoms with Gasteiger partial charge in [-0.3, -0.25) is 0 Å². The number of rotatable bonds is 12. The van der Waals surface area contributed by atoms with Crippen molar-refractivity contribution in [3.05, 3.63) is 12.3 Å². The fourth-order valence-corrected chi connectivity index (χ4v) is 1.70. The molecule has 0 spiro atoms. The normalized spacial score (nSPS) is 11.3. The van der Waals surface area contributed by atoms with Crippen LogP contribution in [0.5, 0.6) is 0 Å². The molecular formula is C16H33NO2. The van der Waals surface area contributed by atoms with Crippen molar-refractivity contribution in [2.24, 2.45) is 0 Å². The van der Waals surface area contributed by atoms with Gasteiger partial charge in [-0.15, -0.1) is 0 Å². The first kappa shape index (κ1) is 18.5. The van der Waals surface area contributed by atoms with Crippen LogP contribution in [0, 0.1) is 0 Å². The molecule has 3 nitrogen and oxygen atoms in total. The molecule has 0 saturated heterocycles. The van der Waals surface area contributed by atoms with Crippen LogP contribution in [0.25, 0.3) is 0 Å². The van der Waals surface area contributed by atoms with Gasteiger partial charge in [0.25, 0.3) is 0 Å². The summed E-state index contributed by atoms with van der Waals surface area (Å²) in [7, 11) is 2.09. The number of likely N-dealkylation sites (N-methyl/N-ethyl adjacent to an activating group) is 1. The maximum atomic E-state index is 5.54. The van der Waals surface area contributed by atoms with Gasteiger partial charge in [0.05, 0.1) is 18.8 Å². The first-order chi connectivity index (χ1) is 8.93. The Morgan fingerprint density at radius 2 is 1.53 bits per heavy atom. The van der Waals surface area contributed by atoms with Crippen molar-refractivity contribution < 1.29 is 9.47 Å². The van der Waals surface area contributed by atoms with E-state index in [0.29, 0.717) is 12.2 Å². The third kappa shape index (κ3) is 12.2. The Labute approximate surface area is 120 Å². The molecule has 0 aromatic rings. The molecule has 0 unspecified atom stereocenters. The summed E-state index contributed by atoms with van der Waals surface area (Å²) in [5, 5.41) is 0. The topological polar surface area (TPSA) is 21.7 Å². The standard InChI is InChI=1S/C16H33NO2/c1-14(2)18-12-9-7-8-10-16(5)17(6)11-13-19-15(3)4/h14-15H,5,7-13H2,1-4,6H3. The van der Waals surface area contributed by atoms with E-state index in [4.69, 9.17) is 9.47 Å². The van der Waals surface area contributed by atoms with Crippen LogP contribution in [0.4, 0.5) is 0 Å². The summed E-state index contributed by atoms with van der Waals surface area (Å²) < 4.78 is 11.1. The predicted molar refractivity (Wildman–Crippen MR) is 82.4 cm³/mol. The van der Waals surface area contributed by atoms with Gasteiger partial charge in [0.15, 0.2) is 0 Å². The summed E-state index contributed by atoms with van der Waals surface area (Å²) in [5.41, 5.74) is 1.21. The minimum absolute atomic E-state index is 0.308. The van der Waals surface area contributed by atoms with Crippen molar-refractivity contribution in [2.75, 3.05) is 26.8 Å². The van der Waals surface area contributed by atoms with E-state index in [2.05, 4.69) is 46.2 Å². The van der Waals surface area contributed by atoms with E-state index in [1.165, 1.54) is 18.5 Å². The molecule has 0 radical (unpaired) electrons. The second-order valence-electron chi connectivity index (χ2n) is 5.64. The van der Waals surface area contributed by atoms with Crippen LogP contribution in [0.2, 0.25) is 0 Å². The first-order valence-corrected chi connectivity index (χ1v) is 7.55. The molecule has 0 bridgehead atoms. The number of ether oxygens (including phenoxy) is 2. The van der Waals surface area contributed by atoms with Crippen molar-refractivity contribution in [3.63, 3.8) is 0 Å². The number of hydrogen-bond acceptors (Lipinski definition) is 3. The Morgan fingerprint density at radius 3 is 2.11 bits per heavy atom. The van der Waals surface area contributed by atoms with Crippen molar-refractivity contribution in [1.82, 2.24) is 4.90 Å². The van der Waals surface area contributed by atoms with Gasteiger partial charge in [-0.2, -0.15) is 0 Å². The van der Waals surface area contributed by atoms with Crippen LogP contribution >= 0.6 is 0 Å². The van der Waals surface area contributed by atoms with Crippen LogP contribution in [-0.4, -0.2) is 43.9 Å². The Morgan fingerprint density at radius 1 is 0.947 bits per heavy atom. The average Bonchev–Trinajstić information content (AvgIpc) is 2.32. The highest BCUT2D eigenvalue weighted by Gasteiger charge is 2.03. The molecule has 0 rings (SSSR count). The second-order valence-corrected chi connectivity index (χ2v) is 5.64. The Hall–Kier alpha value is -0.540. The summed E-state index contributed by atoms with van der Waals surface area (Å²) in [4.78, 5) is 2.20. The fourth-order valence-electron chi connectivity index (χ4n) is 1.70. The molecule has 19 heavy (non-hydrogen) atoms. The lowest BCUT2D eigenvalue weighted by atomic mass is 10.1. The summed E-state index contributed by atoms with van der Waals surface area (Å²) >= 11 is 0. The van der Waals surface area contributed by atoms with Crippen LogP contribution in [0.15, 0.2) is 12.3 Å². The number of nitrogens with zero attached hydrogens (tertiary/aromatic N) is 1. The number of hydrogen-bond donors (Lipinski definition) is 0. The molecular weight excluding hydrogens is 238 g/mol. The summed E-state index contributed by atoms with van der Waals surface area (Å²) in [6.45, 7) is 15.0. The summed E-state index contributed by atoms with van der Waals surface area (Å²) in [6, 6.07) is 0. The molecule has 0 amide bonds. The van der Waals surface area contributed by atoms with E-state index in [0.717, 1.165) is 32.6 Å². The molecule has 0 aliphatic carbocycles. The van der Waals surface area contributed by atoms with Crippen LogP contribution in [-0.2, 0) is 9.47 Å². The van der Waals surface area contributed by atoms with Gasteiger partial charge in [0, 0.05) is 25.9 Å². The van der Waals surface area contributed by atoms with Gasteiger partial charge in [-0.1, -0.05) is 13.0 Å². The maximum Gasteiger partial charge on any atom is 0.0644 e. The Balaban J connectivity index is 3.46. The third-order valence-electron chi connectivity index (χ3n) is 2.98. The molecule has 114 valence electrons. The van der Waals surface area contributed by atoms with Crippen molar-refractivity contribution in [2.45, 2.75) is 65.6 Å². The average molecular weight is 271 g/mol. The fraction of sp³-hybridized carbons (Fsp3) is 0.875. The molecule has 0 N–H and O–H groups in total. The van der Waals surface area contributed by atoms with Gasteiger partial charge in [0.1, 0.15) is 0 Å². The van der Waals surface area contributed by atoms with E-state index in [-0.39, 0.29) is 0 Å². The minimum atomic E-state index is 0.308. The molecule has 0 fully saturated rings. The van der Waals surface area contributed by atoms with Crippen molar-refractivity contribution in [1.29, 1.82) is 0 Å². The zero-order chi connectivity index (χ0) is 14.7. The molecule has 0 heterocycles. The largest absolute Gasteiger partial charge is 0.379 e. The number of unbranched alkanes of at least 4 members (excludes halogenated alkanes) is 2. The van der Waals surface area contributed by atoms with Crippen LogP contribution < -0.4 is 0 Å². The molecule has 0 aromatic carbocycles. The van der Waals surface area contributed by atoms with Gasteiger partial charge in [0.2, 0.25) is 0 Å². The molecule has 0 atom stereocenters. The minimum Gasteiger partial charge on any atom is -0.379 e. The molecule has 0 aliphatic heterocycles. The smallest absolute Gasteiger partial charge is 0.0644 e. The quantitative estimate of drug-likeness (QED) is 0.503. The van der Waals surface area contributed by atoms with E-state index < -0.39 is 0 Å². The molecule has 0 saturated carbocycles. The monoisotopic (exact) mass is 271 g/mol. The van der Waals surface area contributed by atoms with E-state index in [9.17, 15) is 0 Å². The van der Waals surface area contributed by atoms with Gasteiger partial charge >= 0.3 is 0 Å². The third-order valence-corrected chi connectivity index (χ3v) is 2.98. The van der Waals surface area contributed by atoms with E-state index in [1.54, 1.807) is 0 Å². The highest BCUT2D eigenvalue weighted by Crippen LogP contribution is 2.10. The van der Waals surface area contributed by atoms with Gasteiger partial charge < -0.3 is 14.4 Å². The van der Waals surface area contributed by atoms with Crippen molar-refractivity contribution in [3.8, 4) is 0 Å². The van der Waals surface area contributed by atoms with Crippen LogP contribution in [0.3, 0.4) is 0 Å². The highest BCUT2D eigenvalue weighted by molar-refractivity contribution is 4.91. The maximum absolute atomic E-state index is 5.54. The van der Waals surface area contributed by atoms with Gasteiger partial charge in [-0.05, 0) is 47.0 Å². The predicted octanol–water partition coefficient (Wildman–Crippen LogP) is 3.84. The Bertz CT molecular complexity index is 227. The summed E-state index contributed by atoms with van der Waals surface area (Å²) in [5.74, 6) is 0. The molecule has 3 heteroatoms. The van der Waals surface area contributed by atoms with E-state index in [1.807, 2.05) is 0 Å². The molecule has 0 aliphatic rings. The lowest BCUT2D eigenvalue weighted by Gasteiger charge is -2.22. The Kier molecular flexibility index (Phi) is 11.0. The first-order valence-electron chi connectivity index (χ1n) is 7.55. The lowest BCUT2D eigenvalue weighted by Crippen LogP contribution is -2.23. The second kappa shape index (κ2) is 11.3. The van der Waals surface area contributed by atoms with Crippen molar-refractivity contribution >= 4 is 0 Å². The highest BCUT2D eigenvalue weighted by atomic mass is 16.5. The zero-order valence-corrected chi connectivity index (χ0v) is 13.6. The molecule has 0 aromatic heterocycles. The SMILES string of the molecule is C=C(CCCCCOC(C)C)N(C)CCOC(C)C. The van der Waals surface area contributed by atoms with E-state index >= 15 is 0 Å². The zero-order valence-electron chi connectivity index (χ0n) is 13.6. The number of allylic oxidation sites excluding steroid dienone is 1. The van der Waals surface area contributed by atoms with Crippen LogP contribution in [0.1, 0.15) is 53.4 Å².